The highest BCUT2D eigenvalue weighted by molar-refractivity contribution is 5.94. The maximum atomic E-state index is 13.8. The van der Waals surface area contributed by atoms with Gasteiger partial charge in [0.25, 0.3) is 5.91 Å². The van der Waals surface area contributed by atoms with E-state index < -0.39 is 35.3 Å². The van der Waals surface area contributed by atoms with Crippen LogP contribution in [0.25, 0.3) is 21.7 Å². The highest BCUT2D eigenvalue weighted by atomic mass is 19.4. The molecule has 0 unspecified atom stereocenters. The molecule has 0 spiro atoms. The minimum Gasteiger partial charge on any atom is -0.460 e. The zero-order valence-corrected chi connectivity index (χ0v) is 21.1. The number of halogens is 3. The van der Waals surface area contributed by atoms with Crippen molar-refractivity contribution in [3.63, 3.8) is 0 Å². The molecule has 12 heteroatoms. The van der Waals surface area contributed by atoms with E-state index in [-0.39, 0.29) is 42.4 Å². The van der Waals surface area contributed by atoms with Gasteiger partial charge < -0.3 is 10.1 Å². The van der Waals surface area contributed by atoms with E-state index in [2.05, 4.69) is 20.4 Å². The molecular weight excluding hydrogens is 489 g/mol. The molecule has 0 aliphatic heterocycles. The third kappa shape index (κ3) is 7.72. The third-order valence-electron chi connectivity index (χ3n) is 5.96. The number of hydrogen-bond acceptors (Lipinski definition) is 5. The number of ether oxygens (including phenoxy) is 1. The second kappa shape index (κ2) is 11.7. The van der Waals surface area contributed by atoms with Crippen molar-refractivity contribution in [3.8, 4) is 11.3 Å². The van der Waals surface area contributed by atoms with Gasteiger partial charge in [0.2, 0.25) is 0 Å². The number of nitrogens with one attached hydrogen (secondary N) is 1. The van der Waals surface area contributed by atoms with Crippen molar-refractivity contribution in [3.05, 3.63) is 52.0 Å². The maximum Gasteiger partial charge on any atom is 0.417 e. The van der Waals surface area contributed by atoms with Crippen LogP contribution in [0.1, 0.15) is 81.4 Å². The van der Waals surface area contributed by atoms with Gasteiger partial charge in [0.1, 0.15) is 5.60 Å². The number of alkyl halides is 3. The molecule has 200 valence electrons. The van der Waals surface area contributed by atoms with Gasteiger partial charge >= 0.3 is 12.1 Å². The van der Waals surface area contributed by atoms with Crippen LogP contribution in [0.5, 0.6) is 0 Å². The summed E-state index contributed by atoms with van der Waals surface area (Å²) in [6.45, 7) is 5.18. The van der Waals surface area contributed by atoms with Crippen molar-refractivity contribution in [2.75, 3.05) is 6.54 Å². The van der Waals surface area contributed by atoms with Crippen molar-refractivity contribution >= 4 is 11.9 Å². The summed E-state index contributed by atoms with van der Waals surface area (Å²) < 4.78 is 48.2. The van der Waals surface area contributed by atoms with Crippen LogP contribution in [0.2, 0.25) is 0 Å². The standard InChI is InChI=1S/C25H31F3N6O3/c1-24(2,3)37-22(35)14-16(12-13-30-33-29)31-23(36)20-15-21(34(32-20)17-8-4-5-9-17)18-10-6-7-11-19(18)25(26,27)28/h6-7,10-11,15-17H,4-5,8-9,12-14H2,1-3H3,(H,31,36)/t16-/m0/s1. The highest BCUT2D eigenvalue weighted by Crippen LogP contribution is 2.40. The van der Waals surface area contributed by atoms with Gasteiger partial charge in [-0.3, -0.25) is 14.3 Å². The molecule has 1 aromatic carbocycles. The average molecular weight is 521 g/mol. The molecule has 1 aromatic heterocycles. The SMILES string of the molecule is CC(C)(C)OC(=O)C[C@H](CCN=[N+]=[N-])NC(=O)c1cc(-c2ccccc2C(F)(F)F)n(C2CCCC2)n1. The van der Waals surface area contributed by atoms with E-state index in [4.69, 9.17) is 10.3 Å². The van der Waals surface area contributed by atoms with Crippen LogP contribution in [-0.2, 0) is 15.7 Å². The number of azide groups is 1. The molecule has 0 radical (unpaired) electrons. The van der Waals surface area contributed by atoms with Crippen LogP contribution in [0.4, 0.5) is 13.2 Å². The molecule has 1 heterocycles. The predicted molar refractivity (Wildman–Crippen MR) is 131 cm³/mol. The summed E-state index contributed by atoms with van der Waals surface area (Å²) in [6, 6.07) is 5.72. The van der Waals surface area contributed by atoms with Crippen molar-refractivity contribution in [1.29, 1.82) is 0 Å². The third-order valence-corrected chi connectivity index (χ3v) is 5.96. The molecule has 2 aromatic rings. The van der Waals surface area contributed by atoms with Crippen LogP contribution < -0.4 is 5.32 Å². The molecule has 1 aliphatic rings. The lowest BCUT2D eigenvalue weighted by atomic mass is 10.0. The number of rotatable bonds is 9. The Labute approximate surface area is 213 Å². The number of benzene rings is 1. The van der Waals surface area contributed by atoms with E-state index in [1.807, 2.05) is 0 Å². The molecule has 1 atom stereocenters. The van der Waals surface area contributed by atoms with Crippen LogP contribution in [0.15, 0.2) is 35.4 Å². The quantitative estimate of drug-likeness (QED) is 0.183. The fraction of sp³-hybridized carbons (Fsp3) is 0.560. The second-order valence-electron chi connectivity index (χ2n) is 10.0. The van der Waals surface area contributed by atoms with Crippen molar-refractivity contribution in [2.24, 2.45) is 5.11 Å². The van der Waals surface area contributed by atoms with E-state index in [9.17, 15) is 22.8 Å². The van der Waals surface area contributed by atoms with Crippen molar-refractivity contribution in [1.82, 2.24) is 15.1 Å². The van der Waals surface area contributed by atoms with Crippen LogP contribution in [-0.4, -0.2) is 39.8 Å². The topological polar surface area (TPSA) is 122 Å². The Morgan fingerprint density at radius 3 is 2.54 bits per heavy atom. The van der Waals surface area contributed by atoms with Gasteiger partial charge in [-0.25, -0.2) is 0 Å². The molecule has 1 fully saturated rings. The minimum absolute atomic E-state index is 0.0327. The van der Waals surface area contributed by atoms with Gasteiger partial charge in [-0.15, -0.1) is 0 Å². The fourth-order valence-corrected chi connectivity index (χ4v) is 4.41. The molecule has 1 amide bonds. The molecular formula is C25H31F3N6O3. The molecule has 0 bridgehead atoms. The van der Waals surface area contributed by atoms with E-state index >= 15 is 0 Å². The number of hydrogen-bond donors (Lipinski definition) is 1. The summed E-state index contributed by atoms with van der Waals surface area (Å²) >= 11 is 0. The molecule has 37 heavy (non-hydrogen) atoms. The summed E-state index contributed by atoms with van der Waals surface area (Å²) in [6.07, 6.45) is -1.24. The first-order valence-electron chi connectivity index (χ1n) is 12.2. The zero-order valence-electron chi connectivity index (χ0n) is 21.1. The predicted octanol–water partition coefficient (Wildman–Crippen LogP) is 6.21. The van der Waals surface area contributed by atoms with Gasteiger partial charge in [0, 0.05) is 23.1 Å². The summed E-state index contributed by atoms with van der Waals surface area (Å²) in [7, 11) is 0. The molecule has 1 N–H and O–H groups in total. The first-order chi connectivity index (χ1) is 17.4. The van der Waals surface area contributed by atoms with Gasteiger partial charge in [0.05, 0.1) is 23.7 Å². The zero-order chi connectivity index (χ0) is 27.2. The molecule has 9 nitrogen and oxygen atoms in total. The van der Waals surface area contributed by atoms with E-state index in [1.54, 1.807) is 20.8 Å². The Morgan fingerprint density at radius 1 is 1.24 bits per heavy atom. The number of nitrogens with zero attached hydrogens (tertiary/aromatic N) is 5. The average Bonchev–Trinajstić information content (AvgIpc) is 3.47. The number of amides is 1. The molecule has 1 saturated carbocycles. The minimum atomic E-state index is -4.58. The van der Waals surface area contributed by atoms with E-state index in [0.717, 1.165) is 31.7 Å². The lowest BCUT2D eigenvalue weighted by Gasteiger charge is -2.22. The van der Waals surface area contributed by atoms with Gasteiger partial charge in [0.15, 0.2) is 5.69 Å². The first kappa shape index (κ1) is 28.0. The van der Waals surface area contributed by atoms with Gasteiger partial charge in [-0.05, 0) is 57.7 Å². The van der Waals surface area contributed by atoms with Crippen LogP contribution in [0.3, 0.4) is 0 Å². The number of carbonyl (C=O) groups is 2. The maximum absolute atomic E-state index is 13.8. The number of aromatic nitrogens is 2. The second-order valence-corrected chi connectivity index (χ2v) is 10.0. The van der Waals surface area contributed by atoms with E-state index in [1.165, 1.54) is 28.9 Å². The van der Waals surface area contributed by atoms with Crippen LogP contribution >= 0.6 is 0 Å². The largest absolute Gasteiger partial charge is 0.460 e. The smallest absolute Gasteiger partial charge is 0.417 e. The Morgan fingerprint density at radius 2 is 1.92 bits per heavy atom. The van der Waals surface area contributed by atoms with Gasteiger partial charge in [-0.2, -0.15) is 18.3 Å². The van der Waals surface area contributed by atoms with Crippen LogP contribution in [0, 0.1) is 0 Å². The Balaban J connectivity index is 1.92. The summed E-state index contributed by atoms with van der Waals surface area (Å²) in [4.78, 5) is 28.2. The Hall–Kier alpha value is -3.53. The molecule has 3 rings (SSSR count). The summed E-state index contributed by atoms with van der Waals surface area (Å²) in [5.41, 5.74) is 7.15. The Bertz CT molecular complexity index is 1160. The summed E-state index contributed by atoms with van der Waals surface area (Å²) in [5, 5.41) is 10.6. The lowest BCUT2D eigenvalue weighted by molar-refractivity contribution is -0.155. The van der Waals surface area contributed by atoms with Crippen molar-refractivity contribution < 1.29 is 27.5 Å². The normalized spacial score (nSPS) is 15.2. The first-order valence-corrected chi connectivity index (χ1v) is 12.2. The van der Waals surface area contributed by atoms with E-state index in [0.29, 0.717) is 0 Å². The Kier molecular flexibility index (Phi) is 8.85. The van der Waals surface area contributed by atoms with Gasteiger partial charge in [-0.1, -0.05) is 36.2 Å². The summed E-state index contributed by atoms with van der Waals surface area (Å²) in [5.74, 6) is -1.19. The highest BCUT2D eigenvalue weighted by Gasteiger charge is 2.35. The monoisotopic (exact) mass is 520 g/mol. The molecule has 0 saturated heterocycles. The number of carbonyl (C=O) groups excluding carboxylic acids is 2. The lowest BCUT2D eigenvalue weighted by Crippen LogP contribution is -2.38. The number of esters is 1. The fourth-order valence-electron chi connectivity index (χ4n) is 4.41. The van der Waals surface area contributed by atoms with Crippen molar-refractivity contribution in [2.45, 2.75) is 83.2 Å². The molecule has 1 aliphatic carbocycles.